The third-order valence-corrected chi connectivity index (χ3v) is 3.62. The molecule has 0 aliphatic carbocycles. The van der Waals surface area contributed by atoms with Crippen LogP contribution in [0.15, 0.2) is 15.2 Å². The zero-order chi connectivity index (χ0) is 9.19. The molecule has 0 saturated heterocycles. The maximum absolute atomic E-state index is 5.55. The molecular formula is C9H14BrNS. The summed E-state index contributed by atoms with van der Waals surface area (Å²) in [5.74, 6) is 0. The lowest BCUT2D eigenvalue weighted by Crippen LogP contribution is -2.20. The summed E-state index contributed by atoms with van der Waals surface area (Å²) in [6.07, 6.45) is 1.04. The Hall–Kier alpha value is 0.140. The molecule has 0 spiro atoms. The number of thiophene rings is 1. The lowest BCUT2D eigenvalue weighted by Gasteiger charge is -2.22. The van der Waals surface area contributed by atoms with Crippen LogP contribution in [-0.4, -0.2) is 6.54 Å². The Morgan fingerprint density at radius 3 is 2.67 bits per heavy atom. The fourth-order valence-electron chi connectivity index (χ4n) is 1.17. The van der Waals surface area contributed by atoms with E-state index in [0.29, 0.717) is 0 Å². The lowest BCUT2D eigenvalue weighted by atomic mass is 9.83. The largest absolute Gasteiger partial charge is 0.330 e. The molecule has 1 aromatic rings. The molecule has 3 heteroatoms. The van der Waals surface area contributed by atoms with E-state index in [1.807, 2.05) is 0 Å². The van der Waals surface area contributed by atoms with Crippen molar-refractivity contribution in [1.29, 1.82) is 0 Å². The third kappa shape index (κ3) is 2.31. The van der Waals surface area contributed by atoms with Gasteiger partial charge in [0.2, 0.25) is 0 Å². The topological polar surface area (TPSA) is 26.0 Å². The fourth-order valence-corrected chi connectivity index (χ4v) is 2.52. The quantitative estimate of drug-likeness (QED) is 0.873. The van der Waals surface area contributed by atoms with Crippen LogP contribution in [0.4, 0.5) is 0 Å². The molecule has 2 N–H and O–H groups in total. The Labute approximate surface area is 86.1 Å². The van der Waals surface area contributed by atoms with Crippen molar-refractivity contribution in [1.82, 2.24) is 0 Å². The molecule has 0 saturated carbocycles. The highest BCUT2D eigenvalue weighted by atomic mass is 79.9. The highest BCUT2D eigenvalue weighted by molar-refractivity contribution is 9.11. The van der Waals surface area contributed by atoms with Crippen molar-refractivity contribution in [3.05, 3.63) is 20.8 Å². The van der Waals surface area contributed by atoms with Gasteiger partial charge >= 0.3 is 0 Å². The second-order valence-electron chi connectivity index (χ2n) is 3.56. The van der Waals surface area contributed by atoms with Gasteiger partial charge in [-0.15, -0.1) is 11.3 Å². The van der Waals surface area contributed by atoms with E-state index in [-0.39, 0.29) is 5.41 Å². The Morgan fingerprint density at radius 1 is 1.58 bits per heavy atom. The Morgan fingerprint density at radius 2 is 2.25 bits per heavy atom. The highest BCUT2D eigenvalue weighted by Gasteiger charge is 2.20. The van der Waals surface area contributed by atoms with Gasteiger partial charge in [0.1, 0.15) is 0 Å². The van der Waals surface area contributed by atoms with Crippen LogP contribution in [0.1, 0.15) is 25.8 Å². The molecule has 12 heavy (non-hydrogen) atoms. The Bertz CT molecular complexity index is 255. The maximum Gasteiger partial charge on any atom is 0.0701 e. The van der Waals surface area contributed by atoms with Crippen molar-refractivity contribution in [2.75, 3.05) is 6.54 Å². The van der Waals surface area contributed by atoms with E-state index in [9.17, 15) is 0 Å². The van der Waals surface area contributed by atoms with Crippen molar-refractivity contribution in [2.24, 2.45) is 5.73 Å². The van der Waals surface area contributed by atoms with Gasteiger partial charge in [0.25, 0.3) is 0 Å². The SMILES string of the molecule is CC(C)(CCN)c1csc(Br)c1. The van der Waals surface area contributed by atoms with E-state index in [1.165, 1.54) is 9.35 Å². The molecule has 0 bridgehead atoms. The molecule has 0 aliphatic heterocycles. The van der Waals surface area contributed by atoms with Gasteiger partial charge in [0, 0.05) is 0 Å². The average molecular weight is 248 g/mol. The number of hydrogen-bond acceptors (Lipinski definition) is 2. The van der Waals surface area contributed by atoms with Gasteiger partial charge < -0.3 is 5.73 Å². The number of halogens is 1. The molecule has 0 amide bonds. The molecule has 0 atom stereocenters. The van der Waals surface area contributed by atoms with E-state index < -0.39 is 0 Å². The van der Waals surface area contributed by atoms with E-state index in [2.05, 4.69) is 41.2 Å². The predicted molar refractivity (Wildman–Crippen MR) is 58.7 cm³/mol. The van der Waals surface area contributed by atoms with Gasteiger partial charge in [-0.05, 0) is 51.3 Å². The van der Waals surface area contributed by atoms with E-state index in [0.717, 1.165) is 13.0 Å². The van der Waals surface area contributed by atoms with Crippen LogP contribution >= 0.6 is 27.3 Å². The first-order valence-corrected chi connectivity index (χ1v) is 5.68. The first kappa shape index (κ1) is 10.2. The van der Waals surface area contributed by atoms with Crippen LogP contribution in [-0.2, 0) is 5.41 Å². The van der Waals surface area contributed by atoms with Gasteiger partial charge in [0.05, 0.1) is 3.79 Å². The van der Waals surface area contributed by atoms with Crippen LogP contribution < -0.4 is 5.73 Å². The first-order chi connectivity index (χ1) is 5.56. The highest BCUT2D eigenvalue weighted by Crippen LogP contribution is 2.32. The monoisotopic (exact) mass is 247 g/mol. The summed E-state index contributed by atoms with van der Waals surface area (Å²) in [6, 6.07) is 2.18. The number of rotatable bonds is 3. The van der Waals surface area contributed by atoms with Crippen molar-refractivity contribution in [3.63, 3.8) is 0 Å². The van der Waals surface area contributed by atoms with Gasteiger partial charge in [0.15, 0.2) is 0 Å². The minimum atomic E-state index is 0.220. The normalized spacial score (nSPS) is 12.0. The molecule has 1 heterocycles. The van der Waals surface area contributed by atoms with Crippen LogP contribution in [0.2, 0.25) is 0 Å². The zero-order valence-electron chi connectivity index (χ0n) is 7.43. The summed E-state index contributed by atoms with van der Waals surface area (Å²) in [4.78, 5) is 0. The lowest BCUT2D eigenvalue weighted by molar-refractivity contribution is 0.489. The molecule has 0 unspecified atom stereocenters. The predicted octanol–water partition coefficient (Wildman–Crippen LogP) is 3.14. The second kappa shape index (κ2) is 3.90. The minimum Gasteiger partial charge on any atom is -0.330 e. The van der Waals surface area contributed by atoms with Crippen molar-refractivity contribution in [2.45, 2.75) is 25.7 Å². The molecule has 0 radical (unpaired) electrons. The summed E-state index contributed by atoms with van der Waals surface area (Å²) < 4.78 is 1.20. The minimum absolute atomic E-state index is 0.220. The van der Waals surface area contributed by atoms with E-state index in [1.54, 1.807) is 11.3 Å². The van der Waals surface area contributed by atoms with E-state index in [4.69, 9.17) is 5.73 Å². The van der Waals surface area contributed by atoms with Gasteiger partial charge in [-0.3, -0.25) is 0 Å². The number of hydrogen-bond donors (Lipinski definition) is 1. The Kier molecular flexibility index (Phi) is 3.32. The Balaban J connectivity index is 2.81. The molecule has 1 nitrogen and oxygen atoms in total. The molecule has 68 valence electrons. The third-order valence-electron chi connectivity index (χ3n) is 2.12. The molecule has 0 fully saturated rings. The summed E-state index contributed by atoms with van der Waals surface area (Å²) >= 11 is 5.20. The average Bonchev–Trinajstić information content (AvgIpc) is 2.36. The molecule has 0 aromatic carbocycles. The van der Waals surface area contributed by atoms with Gasteiger partial charge in [-0.25, -0.2) is 0 Å². The van der Waals surface area contributed by atoms with E-state index >= 15 is 0 Å². The van der Waals surface area contributed by atoms with Crippen LogP contribution in [0.5, 0.6) is 0 Å². The zero-order valence-corrected chi connectivity index (χ0v) is 9.83. The smallest absolute Gasteiger partial charge is 0.0701 e. The van der Waals surface area contributed by atoms with Crippen molar-refractivity contribution >= 4 is 27.3 Å². The van der Waals surface area contributed by atoms with Crippen LogP contribution in [0.25, 0.3) is 0 Å². The fraction of sp³-hybridized carbons (Fsp3) is 0.556. The summed E-state index contributed by atoms with van der Waals surface area (Å²) in [5, 5.41) is 2.19. The summed E-state index contributed by atoms with van der Waals surface area (Å²) in [7, 11) is 0. The summed E-state index contributed by atoms with van der Waals surface area (Å²) in [5.41, 5.74) is 7.15. The standard InChI is InChI=1S/C9H14BrNS/c1-9(2,3-4-11)7-5-8(10)12-6-7/h5-6H,3-4,11H2,1-2H3. The molecular weight excluding hydrogens is 234 g/mol. The van der Waals surface area contributed by atoms with Crippen LogP contribution in [0.3, 0.4) is 0 Å². The van der Waals surface area contributed by atoms with Gasteiger partial charge in [-0.1, -0.05) is 13.8 Å². The number of nitrogens with two attached hydrogens (primary N) is 1. The molecule has 0 aliphatic rings. The molecule has 1 rings (SSSR count). The second-order valence-corrected chi connectivity index (χ2v) is 5.85. The molecule has 1 aromatic heterocycles. The maximum atomic E-state index is 5.55. The van der Waals surface area contributed by atoms with Crippen LogP contribution in [0, 0.1) is 0 Å². The summed E-state index contributed by atoms with van der Waals surface area (Å²) in [6.45, 7) is 5.21. The first-order valence-electron chi connectivity index (χ1n) is 4.01. The van der Waals surface area contributed by atoms with Crippen molar-refractivity contribution in [3.8, 4) is 0 Å². The van der Waals surface area contributed by atoms with Gasteiger partial charge in [-0.2, -0.15) is 0 Å². The van der Waals surface area contributed by atoms with Crippen molar-refractivity contribution < 1.29 is 0 Å².